The molecule has 5 heteroatoms. The summed E-state index contributed by atoms with van der Waals surface area (Å²) in [5.41, 5.74) is 6.07. The molecule has 0 bridgehead atoms. The molecule has 3 N–H and O–H groups in total. The van der Waals surface area contributed by atoms with E-state index in [2.05, 4.69) is 16.6 Å². The lowest BCUT2D eigenvalue weighted by molar-refractivity contribution is 0.0953. The van der Waals surface area contributed by atoms with Gasteiger partial charge in [-0.3, -0.25) is 4.79 Å². The van der Waals surface area contributed by atoms with Gasteiger partial charge in [0.15, 0.2) is 0 Å². The number of amides is 1. The van der Waals surface area contributed by atoms with Crippen molar-refractivity contribution in [1.29, 1.82) is 0 Å². The highest BCUT2D eigenvalue weighted by molar-refractivity contribution is 7.98. The van der Waals surface area contributed by atoms with Crippen LogP contribution in [0.1, 0.15) is 29.6 Å². The van der Waals surface area contributed by atoms with E-state index in [-0.39, 0.29) is 11.7 Å². The van der Waals surface area contributed by atoms with E-state index in [9.17, 15) is 4.79 Å². The summed E-state index contributed by atoms with van der Waals surface area (Å²) < 4.78 is 0. The number of rotatable bonds is 7. The number of hydrogen-bond donors (Lipinski definition) is 2. The van der Waals surface area contributed by atoms with Crippen LogP contribution < -0.4 is 11.1 Å². The van der Waals surface area contributed by atoms with Crippen molar-refractivity contribution < 1.29 is 4.79 Å². The van der Waals surface area contributed by atoms with E-state index in [0.717, 1.165) is 12.8 Å². The van der Waals surface area contributed by atoms with E-state index in [1.165, 1.54) is 12.2 Å². The van der Waals surface area contributed by atoms with Gasteiger partial charge >= 0.3 is 0 Å². The first-order chi connectivity index (χ1) is 8.25. The first-order valence-electron chi connectivity index (χ1n) is 5.73. The summed E-state index contributed by atoms with van der Waals surface area (Å²) in [6.07, 6.45) is 7.03. The van der Waals surface area contributed by atoms with Crippen LogP contribution >= 0.6 is 11.8 Å². The minimum absolute atomic E-state index is 0.138. The number of hydrogen-bond acceptors (Lipinski definition) is 4. The molecule has 0 aliphatic rings. The zero-order chi connectivity index (χ0) is 12.5. The Morgan fingerprint density at radius 3 is 3.00 bits per heavy atom. The van der Waals surface area contributed by atoms with Crippen molar-refractivity contribution in [2.75, 3.05) is 24.3 Å². The van der Waals surface area contributed by atoms with Gasteiger partial charge in [-0.2, -0.15) is 11.8 Å². The smallest absolute Gasteiger partial charge is 0.255 e. The predicted octanol–water partition coefficient (Wildman–Crippen LogP) is 1.93. The van der Waals surface area contributed by atoms with Crippen LogP contribution in [-0.4, -0.2) is 29.4 Å². The summed E-state index contributed by atoms with van der Waals surface area (Å²) in [5, 5.41) is 2.85. The molecular weight excluding hydrogens is 234 g/mol. The molecule has 4 nitrogen and oxygen atoms in total. The highest BCUT2D eigenvalue weighted by Crippen LogP contribution is 2.06. The lowest BCUT2D eigenvalue weighted by Crippen LogP contribution is -2.25. The molecule has 1 aromatic rings. The van der Waals surface area contributed by atoms with Crippen molar-refractivity contribution in [2.45, 2.75) is 19.3 Å². The van der Waals surface area contributed by atoms with Crippen molar-refractivity contribution >= 4 is 23.5 Å². The molecule has 17 heavy (non-hydrogen) atoms. The number of nitrogens with zero attached hydrogens (tertiary/aromatic N) is 1. The van der Waals surface area contributed by atoms with Crippen LogP contribution in [0.25, 0.3) is 0 Å². The van der Waals surface area contributed by atoms with Crippen LogP contribution in [0.3, 0.4) is 0 Å². The fraction of sp³-hybridized carbons (Fsp3) is 0.500. The maximum absolute atomic E-state index is 11.7. The molecule has 0 fully saturated rings. The molecule has 0 aliphatic carbocycles. The van der Waals surface area contributed by atoms with Crippen molar-refractivity contribution in [3.8, 4) is 0 Å². The fourth-order valence-electron chi connectivity index (χ4n) is 1.45. The monoisotopic (exact) mass is 253 g/mol. The second kappa shape index (κ2) is 7.95. The average molecular weight is 253 g/mol. The molecule has 0 atom stereocenters. The molecule has 0 saturated heterocycles. The number of carbonyl (C=O) groups excluding carboxylic acids is 1. The topological polar surface area (TPSA) is 68.0 Å². The van der Waals surface area contributed by atoms with Crippen LogP contribution in [0.5, 0.6) is 0 Å². The molecule has 0 aliphatic heterocycles. The number of nitrogens with two attached hydrogens (primary N) is 1. The summed E-state index contributed by atoms with van der Waals surface area (Å²) in [7, 11) is 0. The van der Waals surface area contributed by atoms with Crippen molar-refractivity contribution in [2.24, 2.45) is 0 Å². The van der Waals surface area contributed by atoms with Gasteiger partial charge < -0.3 is 11.1 Å². The van der Waals surface area contributed by atoms with Crippen molar-refractivity contribution in [1.82, 2.24) is 10.3 Å². The van der Waals surface area contributed by atoms with E-state index < -0.39 is 0 Å². The van der Waals surface area contributed by atoms with E-state index in [0.29, 0.717) is 12.1 Å². The minimum atomic E-state index is -0.138. The van der Waals surface area contributed by atoms with Gasteiger partial charge in [-0.25, -0.2) is 4.98 Å². The summed E-state index contributed by atoms with van der Waals surface area (Å²) in [5.74, 6) is 1.33. The molecule has 0 unspecified atom stereocenters. The van der Waals surface area contributed by atoms with E-state index >= 15 is 0 Å². The van der Waals surface area contributed by atoms with Gasteiger partial charge in [-0.1, -0.05) is 6.42 Å². The van der Waals surface area contributed by atoms with Gasteiger partial charge in [0.1, 0.15) is 5.82 Å². The van der Waals surface area contributed by atoms with Gasteiger partial charge in [0.25, 0.3) is 5.91 Å². The maximum atomic E-state index is 11.7. The highest BCUT2D eigenvalue weighted by Gasteiger charge is 2.08. The number of carbonyl (C=O) groups is 1. The minimum Gasteiger partial charge on any atom is -0.383 e. The quantitative estimate of drug-likeness (QED) is 0.729. The molecule has 94 valence electrons. The standard InChI is InChI=1S/C12H19N3OS/c1-17-9-4-2-3-7-15-12(16)10-6-5-8-14-11(10)13/h5-6,8H,2-4,7,9H2,1H3,(H2,13,14)(H,15,16). The van der Waals surface area contributed by atoms with Crippen molar-refractivity contribution in [3.05, 3.63) is 23.9 Å². The van der Waals surface area contributed by atoms with Crippen LogP contribution in [-0.2, 0) is 0 Å². The van der Waals surface area contributed by atoms with Gasteiger partial charge in [-0.05, 0) is 37.0 Å². The zero-order valence-electron chi connectivity index (χ0n) is 10.1. The predicted molar refractivity (Wildman–Crippen MR) is 73.2 cm³/mol. The van der Waals surface area contributed by atoms with Gasteiger partial charge in [0, 0.05) is 12.7 Å². The Balaban J connectivity index is 2.24. The Morgan fingerprint density at radius 2 is 2.29 bits per heavy atom. The summed E-state index contributed by atoms with van der Waals surface area (Å²) in [4.78, 5) is 15.6. The molecule has 1 amide bonds. The number of nitrogen functional groups attached to an aromatic ring is 1. The molecule has 0 saturated carbocycles. The SMILES string of the molecule is CSCCCCCNC(=O)c1cccnc1N. The summed E-state index contributed by atoms with van der Waals surface area (Å²) in [6, 6.07) is 3.40. The van der Waals surface area contributed by atoms with Crippen LogP contribution in [0.4, 0.5) is 5.82 Å². The largest absolute Gasteiger partial charge is 0.383 e. The Hall–Kier alpha value is -1.23. The maximum Gasteiger partial charge on any atom is 0.255 e. The number of aromatic nitrogens is 1. The molecule has 1 aromatic heterocycles. The van der Waals surface area contributed by atoms with Crippen LogP contribution in [0, 0.1) is 0 Å². The molecule has 1 heterocycles. The van der Waals surface area contributed by atoms with Gasteiger partial charge in [-0.15, -0.1) is 0 Å². The Morgan fingerprint density at radius 1 is 1.47 bits per heavy atom. The van der Waals surface area contributed by atoms with E-state index in [1.807, 2.05) is 11.8 Å². The number of anilines is 1. The second-order valence-electron chi connectivity index (χ2n) is 3.75. The Labute approximate surface area is 106 Å². The molecule has 0 aromatic carbocycles. The normalized spacial score (nSPS) is 10.2. The number of nitrogens with one attached hydrogen (secondary N) is 1. The summed E-state index contributed by atoms with van der Waals surface area (Å²) in [6.45, 7) is 0.696. The Kier molecular flexibility index (Phi) is 6.47. The number of unbranched alkanes of at least 4 members (excludes halogenated alkanes) is 2. The fourth-order valence-corrected chi connectivity index (χ4v) is 1.95. The lowest BCUT2D eigenvalue weighted by atomic mass is 10.2. The highest BCUT2D eigenvalue weighted by atomic mass is 32.2. The van der Waals surface area contributed by atoms with Gasteiger partial charge in [0.2, 0.25) is 0 Å². The van der Waals surface area contributed by atoms with Gasteiger partial charge in [0.05, 0.1) is 5.56 Å². The lowest BCUT2D eigenvalue weighted by Gasteiger charge is -2.06. The van der Waals surface area contributed by atoms with E-state index in [1.54, 1.807) is 18.3 Å². The molecule has 0 radical (unpaired) electrons. The summed E-state index contributed by atoms with van der Waals surface area (Å²) >= 11 is 1.85. The first kappa shape index (κ1) is 13.8. The van der Waals surface area contributed by atoms with Crippen molar-refractivity contribution in [3.63, 3.8) is 0 Å². The van der Waals surface area contributed by atoms with Crippen LogP contribution in [0.15, 0.2) is 18.3 Å². The zero-order valence-corrected chi connectivity index (χ0v) is 10.9. The third kappa shape index (κ3) is 5.08. The number of thioether (sulfide) groups is 1. The third-order valence-corrected chi connectivity index (χ3v) is 3.09. The number of pyridine rings is 1. The molecule has 0 spiro atoms. The average Bonchev–Trinajstić information content (AvgIpc) is 2.34. The third-order valence-electron chi connectivity index (χ3n) is 2.39. The molecule has 1 rings (SSSR count). The first-order valence-corrected chi connectivity index (χ1v) is 7.12. The molecular formula is C12H19N3OS. The van der Waals surface area contributed by atoms with Crippen LogP contribution in [0.2, 0.25) is 0 Å². The van der Waals surface area contributed by atoms with E-state index in [4.69, 9.17) is 5.73 Å². The Bertz CT molecular complexity index is 357. The second-order valence-corrected chi connectivity index (χ2v) is 4.73.